The molecule has 31 heavy (non-hydrogen) atoms. The van der Waals surface area contributed by atoms with Crippen LogP contribution in [0.2, 0.25) is 5.02 Å². The third-order valence-corrected chi connectivity index (χ3v) is 5.92. The summed E-state index contributed by atoms with van der Waals surface area (Å²) in [5, 5.41) is 3.04. The average molecular weight is 512 g/mol. The Morgan fingerprint density at radius 2 is 1.97 bits per heavy atom. The molecular weight excluding hydrogens is 492 g/mol. The number of nitrogens with zero attached hydrogens (tertiary/aromatic N) is 1. The SMILES string of the molecule is COc1ccc(OC)c(N2C[C@@H](C(=O)OCC(=O)Nc3ccc(Br)c(Cl)c3)CC2=O)c1. The Hall–Kier alpha value is -2.78. The molecule has 2 aromatic carbocycles. The molecule has 0 unspecified atom stereocenters. The van der Waals surface area contributed by atoms with E-state index in [9.17, 15) is 14.4 Å². The van der Waals surface area contributed by atoms with Gasteiger partial charge < -0.3 is 24.4 Å². The van der Waals surface area contributed by atoms with Gasteiger partial charge in [0.1, 0.15) is 11.5 Å². The maximum absolute atomic E-state index is 12.5. The number of anilines is 2. The molecule has 0 aromatic heterocycles. The largest absolute Gasteiger partial charge is 0.497 e. The number of amides is 2. The van der Waals surface area contributed by atoms with E-state index in [-0.39, 0.29) is 18.9 Å². The van der Waals surface area contributed by atoms with Gasteiger partial charge in [-0.3, -0.25) is 14.4 Å². The van der Waals surface area contributed by atoms with Crippen molar-refractivity contribution in [2.75, 3.05) is 37.6 Å². The number of ether oxygens (including phenoxy) is 3. The molecule has 1 aliphatic rings. The lowest BCUT2D eigenvalue weighted by Gasteiger charge is -2.20. The van der Waals surface area contributed by atoms with E-state index in [0.717, 1.165) is 0 Å². The molecule has 1 aliphatic heterocycles. The highest BCUT2D eigenvalue weighted by molar-refractivity contribution is 9.10. The van der Waals surface area contributed by atoms with Gasteiger partial charge in [-0.15, -0.1) is 0 Å². The number of benzene rings is 2. The standard InChI is InChI=1S/C21H20BrClN2O6/c1-29-14-4-6-18(30-2)17(9-14)25-10-12(7-20(25)27)21(28)31-11-19(26)24-13-3-5-15(22)16(23)8-13/h3-6,8-9,12H,7,10-11H2,1-2H3,(H,24,26)/t12-/m0/s1. The third-order valence-electron chi connectivity index (χ3n) is 4.68. The Kier molecular flexibility index (Phi) is 7.40. The van der Waals surface area contributed by atoms with Crippen LogP contribution >= 0.6 is 27.5 Å². The topological polar surface area (TPSA) is 94.2 Å². The summed E-state index contributed by atoms with van der Waals surface area (Å²) in [6.45, 7) is -0.356. The molecule has 0 spiro atoms. The van der Waals surface area contributed by atoms with Crippen LogP contribution in [0.1, 0.15) is 6.42 Å². The Morgan fingerprint density at radius 3 is 2.65 bits per heavy atom. The first-order valence-corrected chi connectivity index (χ1v) is 10.4. The first-order chi connectivity index (χ1) is 14.8. The predicted molar refractivity (Wildman–Crippen MR) is 119 cm³/mol. The summed E-state index contributed by atoms with van der Waals surface area (Å²) in [7, 11) is 3.01. The summed E-state index contributed by atoms with van der Waals surface area (Å²) >= 11 is 9.26. The fourth-order valence-electron chi connectivity index (χ4n) is 3.13. The van der Waals surface area contributed by atoms with Gasteiger partial charge in [0.2, 0.25) is 5.91 Å². The fourth-order valence-corrected chi connectivity index (χ4v) is 3.56. The van der Waals surface area contributed by atoms with Gasteiger partial charge in [-0.1, -0.05) is 11.6 Å². The number of halogens is 2. The van der Waals surface area contributed by atoms with Crippen molar-refractivity contribution in [1.29, 1.82) is 0 Å². The van der Waals surface area contributed by atoms with E-state index in [1.165, 1.54) is 19.1 Å². The highest BCUT2D eigenvalue weighted by atomic mass is 79.9. The van der Waals surface area contributed by atoms with E-state index >= 15 is 0 Å². The molecule has 1 heterocycles. The van der Waals surface area contributed by atoms with Crippen LogP contribution in [-0.2, 0) is 19.1 Å². The van der Waals surface area contributed by atoms with E-state index in [0.29, 0.717) is 32.4 Å². The van der Waals surface area contributed by atoms with E-state index in [2.05, 4.69) is 21.2 Å². The summed E-state index contributed by atoms with van der Waals surface area (Å²) in [6, 6.07) is 9.99. The van der Waals surface area contributed by atoms with Crippen LogP contribution in [0, 0.1) is 5.92 Å². The van der Waals surface area contributed by atoms with Crippen LogP contribution in [0.4, 0.5) is 11.4 Å². The lowest BCUT2D eigenvalue weighted by atomic mass is 10.1. The normalized spacial score (nSPS) is 15.5. The van der Waals surface area contributed by atoms with E-state index < -0.39 is 24.4 Å². The molecule has 0 aliphatic carbocycles. The van der Waals surface area contributed by atoms with Gasteiger partial charge in [0.25, 0.3) is 5.91 Å². The maximum Gasteiger partial charge on any atom is 0.311 e. The number of nitrogens with one attached hydrogen (secondary N) is 1. The van der Waals surface area contributed by atoms with Crippen LogP contribution < -0.4 is 19.7 Å². The Morgan fingerprint density at radius 1 is 1.19 bits per heavy atom. The molecule has 0 bridgehead atoms. The zero-order chi connectivity index (χ0) is 22.5. The summed E-state index contributed by atoms with van der Waals surface area (Å²) in [5.74, 6) is -1.04. The van der Waals surface area contributed by atoms with E-state index in [4.69, 9.17) is 25.8 Å². The van der Waals surface area contributed by atoms with Crippen molar-refractivity contribution >= 4 is 56.7 Å². The minimum absolute atomic E-state index is 0.0247. The molecule has 164 valence electrons. The van der Waals surface area contributed by atoms with Gasteiger partial charge >= 0.3 is 5.97 Å². The van der Waals surface area contributed by atoms with Crippen LogP contribution in [0.3, 0.4) is 0 Å². The zero-order valence-electron chi connectivity index (χ0n) is 16.8. The minimum Gasteiger partial charge on any atom is -0.497 e. The third kappa shape index (κ3) is 5.48. The second-order valence-electron chi connectivity index (χ2n) is 6.73. The van der Waals surface area contributed by atoms with E-state index in [1.54, 1.807) is 36.4 Å². The number of hydrogen-bond acceptors (Lipinski definition) is 6. The van der Waals surface area contributed by atoms with Gasteiger partial charge in [-0.05, 0) is 46.3 Å². The number of carbonyl (C=O) groups is 3. The number of carbonyl (C=O) groups excluding carboxylic acids is 3. The van der Waals surface area contributed by atoms with Gasteiger partial charge in [-0.2, -0.15) is 0 Å². The highest BCUT2D eigenvalue weighted by Crippen LogP contribution is 2.36. The number of hydrogen-bond donors (Lipinski definition) is 1. The van der Waals surface area contributed by atoms with Crippen LogP contribution in [0.15, 0.2) is 40.9 Å². The molecule has 2 aromatic rings. The molecular formula is C21H20BrClN2O6. The van der Waals surface area contributed by atoms with Gasteiger partial charge in [0.15, 0.2) is 6.61 Å². The fraction of sp³-hybridized carbons (Fsp3) is 0.286. The molecule has 1 atom stereocenters. The molecule has 2 amide bonds. The molecule has 0 saturated carbocycles. The molecule has 3 rings (SSSR count). The molecule has 1 N–H and O–H groups in total. The second-order valence-corrected chi connectivity index (χ2v) is 7.99. The van der Waals surface area contributed by atoms with Crippen LogP contribution in [0.5, 0.6) is 11.5 Å². The average Bonchev–Trinajstić information content (AvgIpc) is 3.15. The van der Waals surface area contributed by atoms with Crippen molar-refractivity contribution in [3.63, 3.8) is 0 Å². The van der Waals surface area contributed by atoms with E-state index in [1.807, 2.05) is 0 Å². The summed E-state index contributed by atoms with van der Waals surface area (Å²) in [6.07, 6.45) is -0.0247. The molecule has 10 heteroatoms. The molecule has 1 fully saturated rings. The Balaban J connectivity index is 1.59. The summed E-state index contributed by atoms with van der Waals surface area (Å²) in [5.41, 5.74) is 0.980. The van der Waals surface area contributed by atoms with Crippen LogP contribution in [0.25, 0.3) is 0 Å². The first-order valence-electron chi connectivity index (χ1n) is 9.26. The minimum atomic E-state index is -0.696. The molecule has 1 saturated heterocycles. The van der Waals surface area contributed by atoms with Crippen molar-refractivity contribution in [2.24, 2.45) is 5.92 Å². The Labute approximate surface area is 192 Å². The summed E-state index contributed by atoms with van der Waals surface area (Å²) < 4.78 is 16.3. The van der Waals surface area contributed by atoms with Gasteiger partial charge in [0, 0.05) is 29.2 Å². The smallest absolute Gasteiger partial charge is 0.311 e. The lowest BCUT2D eigenvalue weighted by molar-refractivity contribution is -0.151. The molecule has 0 radical (unpaired) electrons. The second kappa shape index (κ2) is 10.0. The quantitative estimate of drug-likeness (QED) is 0.570. The van der Waals surface area contributed by atoms with Gasteiger partial charge in [0.05, 0.1) is 30.8 Å². The monoisotopic (exact) mass is 510 g/mol. The zero-order valence-corrected chi connectivity index (χ0v) is 19.2. The van der Waals surface area contributed by atoms with Crippen molar-refractivity contribution in [1.82, 2.24) is 0 Å². The maximum atomic E-state index is 12.5. The van der Waals surface area contributed by atoms with Crippen molar-refractivity contribution in [3.8, 4) is 11.5 Å². The van der Waals surface area contributed by atoms with Crippen molar-refractivity contribution < 1.29 is 28.6 Å². The lowest BCUT2D eigenvalue weighted by Crippen LogP contribution is -2.28. The summed E-state index contributed by atoms with van der Waals surface area (Å²) in [4.78, 5) is 38.5. The van der Waals surface area contributed by atoms with Crippen LogP contribution in [-0.4, -0.2) is 45.2 Å². The first kappa shape index (κ1) is 22.9. The number of esters is 1. The molecule has 8 nitrogen and oxygen atoms in total. The van der Waals surface area contributed by atoms with Crippen molar-refractivity contribution in [3.05, 3.63) is 45.9 Å². The highest BCUT2D eigenvalue weighted by Gasteiger charge is 2.37. The predicted octanol–water partition coefficient (Wildman–Crippen LogP) is 3.65. The number of rotatable bonds is 7. The Bertz CT molecular complexity index is 1020. The van der Waals surface area contributed by atoms with Crippen molar-refractivity contribution in [2.45, 2.75) is 6.42 Å². The van der Waals surface area contributed by atoms with Gasteiger partial charge in [-0.25, -0.2) is 0 Å². The number of methoxy groups -OCH3 is 2.